The number of methoxy groups -OCH3 is 1. The number of hydrogen-bond acceptors (Lipinski definition) is 2. The predicted octanol–water partition coefficient (Wildman–Crippen LogP) is 2.88. The molecule has 1 atom stereocenters. The minimum Gasteiger partial charge on any atom is -0.452 e. The Morgan fingerprint density at radius 3 is 2.69 bits per heavy atom. The first-order chi connectivity index (χ1) is 7.83. The van der Waals surface area contributed by atoms with E-state index in [1.807, 2.05) is 48.6 Å². The first-order valence-electron chi connectivity index (χ1n) is 5.09. The lowest BCUT2D eigenvalue weighted by Crippen LogP contribution is -2.30. The molecule has 82 valence electrons. The van der Waals surface area contributed by atoms with Crippen molar-refractivity contribution in [3.63, 3.8) is 0 Å². The summed E-state index contributed by atoms with van der Waals surface area (Å²) in [6, 6.07) is 9.76. The van der Waals surface area contributed by atoms with Gasteiger partial charge in [-0.2, -0.15) is 0 Å². The van der Waals surface area contributed by atoms with Gasteiger partial charge in [0.05, 0.1) is 13.2 Å². The van der Waals surface area contributed by atoms with Crippen LogP contribution in [0.4, 0.5) is 4.79 Å². The van der Waals surface area contributed by atoms with Crippen molar-refractivity contribution in [3.05, 3.63) is 60.3 Å². The standard InChI is InChI=1S/C13H13NO2/c1-16-13(15)14-10-6-5-9-12(14)11-7-3-2-4-8-11/h2-10,12H,1H3. The van der Waals surface area contributed by atoms with Crippen molar-refractivity contribution in [1.29, 1.82) is 0 Å². The molecule has 1 aromatic carbocycles. The Bertz CT molecular complexity index is 423. The molecule has 3 heteroatoms. The molecule has 0 saturated heterocycles. The number of hydrogen-bond donors (Lipinski definition) is 0. The molecular weight excluding hydrogens is 202 g/mol. The molecule has 0 saturated carbocycles. The summed E-state index contributed by atoms with van der Waals surface area (Å²) in [6.07, 6.45) is 7.08. The van der Waals surface area contributed by atoms with Gasteiger partial charge in [-0.1, -0.05) is 42.5 Å². The number of ether oxygens (including phenoxy) is 1. The van der Waals surface area contributed by atoms with E-state index in [0.717, 1.165) is 5.56 Å². The minimum atomic E-state index is -0.352. The van der Waals surface area contributed by atoms with Crippen molar-refractivity contribution in [2.24, 2.45) is 0 Å². The van der Waals surface area contributed by atoms with Crippen LogP contribution in [-0.2, 0) is 4.74 Å². The van der Waals surface area contributed by atoms with E-state index in [1.54, 1.807) is 11.1 Å². The maximum Gasteiger partial charge on any atom is 0.414 e. The Morgan fingerprint density at radius 2 is 2.00 bits per heavy atom. The zero-order chi connectivity index (χ0) is 11.4. The zero-order valence-corrected chi connectivity index (χ0v) is 9.04. The van der Waals surface area contributed by atoms with Crippen LogP contribution in [0.1, 0.15) is 11.6 Å². The molecule has 0 radical (unpaired) electrons. The highest BCUT2D eigenvalue weighted by Crippen LogP contribution is 2.25. The van der Waals surface area contributed by atoms with Crippen molar-refractivity contribution < 1.29 is 9.53 Å². The van der Waals surface area contributed by atoms with E-state index >= 15 is 0 Å². The lowest BCUT2D eigenvalue weighted by Gasteiger charge is -2.27. The van der Waals surface area contributed by atoms with Gasteiger partial charge in [0.2, 0.25) is 0 Å². The summed E-state index contributed by atoms with van der Waals surface area (Å²) in [7, 11) is 1.39. The average Bonchev–Trinajstić information content (AvgIpc) is 2.39. The van der Waals surface area contributed by atoms with Gasteiger partial charge in [0.1, 0.15) is 0 Å². The minimum absolute atomic E-state index is 0.0846. The number of amides is 1. The van der Waals surface area contributed by atoms with Gasteiger partial charge >= 0.3 is 6.09 Å². The Hall–Kier alpha value is -2.03. The molecule has 2 rings (SSSR count). The summed E-state index contributed by atoms with van der Waals surface area (Å²) in [6.45, 7) is 0. The Balaban J connectivity index is 2.29. The monoisotopic (exact) mass is 215 g/mol. The van der Waals surface area contributed by atoms with E-state index in [9.17, 15) is 4.79 Å². The molecular formula is C13H13NO2. The van der Waals surface area contributed by atoms with Gasteiger partial charge < -0.3 is 4.74 Å². The zero-order valence-electron chi connectivity index (χ0n) is 9.04. The summed E-state index contributed by atoms with van der Waals surface area (Å²) in [5.41, 5.74) is 1.06. The van der Waals surface area contributed by atoms with Crippen molar-refractivity contribution in [3.8, 4) is 0 Å². The van der Waals surface area contributed by atoms with E-state index in [-0.39, 0.29) is 12.1 Å². The molecule has 0 aliphatic carbocycles. The first kappa shape index (κ1) is 10.5. The van der Waals surface area contributed by atoms with Gasteiger partial charge in [-0.3, -0.25) is 4.90 Å². The van der Waals surface area contributed by atoms with Gasteiger partial charge in [0, 0.05) is 6.20 Å². The Morgan fingerprint density at radius 1 is 1.25 bits per heavy atom. The largest absolute Gasteiger partial charge is 0.452 e. The maximum absolute atomic E-state index is 11.6. The van der Waals surface area contributed by atoms with Crippen molar-refractivity contribution in [1.82, 2.24) is 4.90 Å². The topological polar surface area (TPSA) is 29.5 Å². The van der Waals surface area contributed by atoms with E-state index < -0.39 is 0 Å². The maximum atomic E-state index is 11.6. The summed E-state index contributed by atoms with van der Waals surface area (Å²) in [4.78, 5) is 13.1. The highest BCUT2D eigenvalue weighted by atomic mass is 16.5. The second-order valence-corrected chi connectivity index (χ2v) is 3.46. The van der Waals surface area contributed by atoms with E-state index in [1.165, 1.54) is 7.11 Å². The number of benzene rings is 1. The third kappa shape index (κ3) is 1.98. The predicted molar refractivity (Wildman–Crippen MR) is 61.7 cm³/mol. The SMILES string of the molecule is COC(=O)N1C=CC=CC1c1ccccc1. The molecule has 16 heavy (non-hydrogen) atoms. The van der Waals surface area contributed by atoms with Crippen LogP contribution in [-0.4, -0.2) is 18.1 Å². The van der Waals surface area contributed by atoms with Crippen LogP contribution in [0.3, 0.4) is 0 Å². The second-order valence-electron chi connectivity index (χ2n) is 3.46. The molecule has 0 N–H and O–H groups in total. The van der Waals surface area contributed by atoms with Crippen LogP contribution in [0.2, 0.25) is 0 Å². The van der Waals surface area contributed by atoms with Gasteiger partial charge in [-0.05, 0) is 11.6 Å². The van der Waals surface area contributed by atoms with Crippen LogP contribution < -0.4 is 0 Å². The Labute approximate surface area is 94.6 Å². The van der Waals surface area contributed by atoms with Gasteiger partial charge in [0.25, 0.3) is 0 Å². The molecule has 0 aromatic heterocycles. The number of nitrogens with zero attached hydrogens (tertiary/aromatic N) is 1. The van der Waals surface area contributed by atoms with Crippen LogP contribution >= 0.6 is 0 Å². The number of carbonyl (C=O) groups is 1. The smallest absolute Gasteiger partial charge is 0.414 e. The van der Waals surface area contributed by atoms with Crippen molar-refractivity contribution in [2.45, 2.75) is 6.04 Å². The van der Waals surface area contributed by atoms with Gasteiger partial charge in [0.15, 0.2) is 0 Å². The fourth-order valence-corrected chi connectivity index (χ4v) is 1.70. The fourth-order valence-electron chi connectivity index (χ4n) is 1.70. The molecule has 3 nitrogen and oxygen atoms in total. The van der Waals surface area contributed by atoms with Crippen LogP contribution in [0.15, 0.2) is 54.8 Å². The molecule has 0 fully saturated rings. The average molecular weight is 215 g/mol. The van der Waals surface area contributed by atoms with Crippen LogP contribution in [0, 0.1) is 0 Å². The highest BCUT2D eigenvalue weighted by Gasteiger charge is 2.22. The van der Waals surface area contributed by atoms with E-state index in [4.69, 9.17) is 4.74 Å². The van der Waals surface area contributed by atoms with E-state index in [0.29, 0.717) is 0 Å². The Kier molecular flexibility index (Phi) is 3.05. The summed E-state index contributed by atoms with van der Waals surface area (Å²) >= 11 is 0. The summed E-state index contributed by atoms with van der Waals surface area (Å²) in [5.74, 6) is 0. The van der Waals surface area contributed by atoms with Gasteiger partial charge in [-0.25, -0.2) is 4.79 Å². The van der Waals surface area contributed by atoms with Crippen LogP contribution in [0.5, 0.6) is 0 Å². The summed E-state index contributed by atoms with van der Waals surface area (Å²) < 4.78 is 4.74. The molecule has 1 aromatic rings. The van der Waals surface area contributed by atoms with Crippen molar-refractivity contribution >= 4 is 6.09 Å². The van der Waals surface area contributed by atoms with Gasteiger partial charge in [-0.15, -0.1) is 0 Å². The first-order valence-corrected chi connectivity index (χ1v) is 5.09. The number of carbonyl (C=O) groups excluding carboxylic acids is 1. The van der Waals surface area contributed by atoms with E-state index in [2.05, 4.69) is 0 Å². The fraction of sp³-hybridized carbons (Fsp3) is 0.154. The lowest BCUT2D eigenvalue weighted by atomic mass is 10.0. The third-order valence-corrected chi connectivity index (χ3v) is 2.48. The third-order valence-electron chi connectivity index (χ3n) is 2.48. The molecule has 0 bridgehead atoms. The molecule has 0 spiro atoms. The quantitative estimate of drug-likeness (QED) is 0.720. The molecule has 1 heterocycles. The highest BCUT2D eigenvalue weighted by molar-refractivity contribution is 5.70. The molecule has 1 aliphatic heterocycles. The lowest BCUT2D eigenvalue weighted by molar-refractivity contribution is 0.132. The van der Waals surface area contributed by atoms with Crippen molar-refractivity contribution in [2.75, 3.05) is 7.11 Å². The second kappa shape index (κ2) is 4.66. The molecule has 1 amide bonds. The summed E-state index contributed by atoms with van der Waals surface area (Å²) in [5, 5.41) is 0. The molecule has 1 unspecified atom stereocenters. The number of allylic oxidation sites excluding steroid dienone is 2. The normalized spacial score (nSPS) is 18.6. The van der Waals surface area contributed by atoms with Crippen LogP contribution in [0.25, 0.3) is 0 Å². The number of rotatable bonds is 1. The molecule has 1 aliphatic rings.